The first-order chi connectivity index (χ1) is 7.16. The Morgan fingerprint density at radius 3 is 2.60 bits per heavy atom. The van der Waals surface area contributed by atoms with Crippen LogP contribution in [0, 0.1) is 12.8 Å². The number of hydrogen-bond acceptors (Lipinski definition) is 3. The Labute approximate surface area is 86.8 Å². The standard InChI is InChI=1S/C10H12N2O3/c1-6-2-5-8(15-6)10(14)12-11-9(13)7-3-4-7/h2,5,7H,3-4H2,1H3,(H,11,13)(H,12,14). The predicted molar refractivity (Wildman–Crippen MR) is 51.8 cm³/mol. The predicted octanol–water partition coefficient (Wildman–Crippen LogP) is 0.759. The lowest BCUT2D eigenvalue weighted by Gasteiger charge is -2.04. The summed E-state index contributed by atoms with van der Waals surface area (Å²) in [6.07, 6.45) is 1.81. The third kappa shape index (κ3) is 2.37. The normalized spacial score (nSPS) is 14.7. The molecule has 15 heavy (non-hydrogen) atoms. The molecule has 0 bridgehead atoms. The van der Waals surface area contributed by atoms with E-state index in [4.69, 9.17) is 4.42 Å². The molecule has 5 heteroatoms. The number of carbonyl (C=O) groups is 2. The van der Waals surface area contributed by atoms with Crippen LogP contribution in [0.15, 0.2) is 16.5 Å². The largest absolute Gasteiger partial charge is 0.456 e. The molecule has 5 nitrogen and oxygen atoms in total. The van der Waals surface area contributed by atoms with E-state index in [1.54, 1.807) is 19.1 Å². The molecule has 0 spiro atoms. The molecule has 1 aliphatic carbocycles. The second-order valence-electron chi connectivity index (χ2n) is 3.63. The van der Waals surface area contributed by atoms with Crippen LogP contribution in [0.5, 0.6) is 0 Å². The number of hydrogen-bond donors (Lipinski definition) is 2. The van der Waals surface area contributed by atoms with Gasteiger partial charge in [0, 0.05) is 5.92 Å². The van der Waals surface area contributed by atoms with Crippen LogP contribution in [0.4, 0.5) is 0 Å². The molecule has 2 N–H and O–H groups in total. The molecule has 1 aromatic rings. The second kappa shape index (κ2) is 3.76. The number of amides is 2. The first-order valence-electron chi connectivity index (χ1n) is 4.83. The second-order valence-corrected chi connectivity index (χ2v) is 3.63. The minimum Gasteiger partial charge on any atom is -0.456 e. The lowest BCUT2D eigenvalue weighted by Crippen LogP contribution is -2.42. The highest BCUT2D eigenvalue weighted by Gasteiger charge is 2.29. The van der Waals surface area contributed by atoms with Gasteiger partial charge in [-0.15, -0.1) is 0 Å². The molecule has 0 aromatic carbocycles. The van der Waals surface area contributed by atoms with Gasteiger partial charge >= 0.3 is 5.91 Å². The maximum absolute atomic E-state index is 11.4. The fourth-order valence-corrected chi connectivity index (χ4v) is 1.18. The number of carbonyl (C=O) groups excluding carboxylic acids is 2. The van der Waals surface area contributed by atoms with Crippen LogP contribution in [0.25, 0.3) is 0 Å². The van der Waals surface area contributed by atoms with Gasteiger partial charge in [0.25, 0.3) is 0 Å². The van der Waals surface area contributed by atoms with E-state index in [2.05, 4.69) is 10.9 Å². The number of furan rings is 1. The van der Waals surface area contributed by atoms with Crippen molar-refractivity contribution in [2.45, 2.75) is 19.8 Å². The third-order valence-electron chi connectivity index (χ3n) is 2.21. The van der Waals surface area contributed by atoms with E-state index in [9.17, 15) is 9.59 Å². The summed E-state index contributed by atoms with van der Waals surface area (Å²) in [5.41, 5.74) is 4.65. The summed E-state index contributed by atoms with van der Waals surface area (Å²) in [4.78, 5) is 22.6. The highest BCUT2D eigenvalue weighted by molar-refractivity contribution is 5.93. The zero-order chi connectivity index (χ0) is 10.8. The molecule has 2 amide bonds. The Morgan fingerprint density at radius 2 is 2.07 bits per heavy atom. The summed E-state index contributed by atoms with van der Waals surface area (Å²) < 4.78 is 5.09. The Balaban J connectivity index is 1.84. The molecule has 1 aromatic heterocycles. The number of aryl methyl sites for hydroxylation is 1. The van der Waals surface area contributed by atoms with Gasteiger partial charge in [-0.1, -0.05) is 0 Å². The Bertz CT molecular complexity index is 393. The quantitative estimate of drug-likeness (QED) is 0.705. The molecule has 1 heterocycles. The summed E-state index contributed by atoms with van der Waals surface area (Å²) in [6, 6.07) is 3.26. The van der Waals surface area contributed by atoms with Gasteiger partial charge in [-0.25, -0.2) is 0 Å². The van der Waals surface area contributed by atoms with Crippen molar-refractivity contribution in [3.63, 3.8) is 0 Å². The van der Waals surface area contributed by atoms with Crippen molar-refractivity contribution >= 4 is 11.8 Å². The highest BCUT2D eigenvalue weighted by Crippen LogP contribution is 2.28. The minimum absolute atomic E-state index is 0.0728. The van der Waals surface area contributed by atoms with E-state index < -0.39 is 5.91 Å². The fraction of sp³-hybridized carbons (Fsp3) is 0.400. The van der Waals surface area contributed by atoms with E-state index in [1.807, 2.05) is 0 Å². The third-order valence-corrected chi connectivity index (χ3v) is 2.21. The number of hydrazine groups is 1. The van der Waals surface area contributed by atoms with Crippen molar-refractivity contribution in [1.29, 1.82) is 0 Å². The average Bonchev–Trinajstić information content (AvgIpc) is 2.97. The van der Waals surface area contributed by atoms with Crippen molar-refractivity contribution in [3.05, 3.63) is 23.7 Å². The summed E-state index contributed by atoms with van der Waals surface area (Å²) in [5, 5.41) is 0. The van der Waals surface area contributed by atoms with E-state index in [-0.39, 0.29) is 17.6 Å². The summed E-state index contributed by atoms with van der Waals surface area (Å²) in [7, 11) is 0. The lowest BCUT2D eigenvalue weighted by atomic mass is 10.4. The maximum atomic E-state index is 11.4. The Morgan fingerprint density at radius 1 is 1.33 bits per heavy atom. The zero-order valence-electron chi connectivity index (χ0n) is 8.37. The van der Waals surface area contributed by atoms with E-state index in [0.717, 1.165) is 12.8 Å². The van der Waals surface area contributed by atoms with Gasteiger partial charge in [0.2, 0.25) is 5.91 Å². The monoisotopic (exact) mass is 208 g/mol. The van der Waals surface area contributed by atoms with Crippen molar-refractivity contribution in [2.75, 3.05) is 0 Å². The van der Waals surface area contributed by atoms with Crippen molar-refractivity contribution in [1.82, 2.24) is 10.9 Å². The van der Waals surface area contributed by atoms with Crippen LogP contribution < -0.4 is 10.9 Å². The van der Waals surface area contributed by atoms with Crippen molar-refractivity contribution in [2.24, 2.45) is 5.92 Å². The number of nitrogens with one attached hydrogen (secondary N) is 2. The molecule has 1 fully saturated rings. The molecule has 2 rings (SSSR count). The van der Waals surface area contributed by atoms with Gasteiger partial charge in [0.15, 0.2) is 5.76 Å². The van der Waals surface area contributed by atoms with Crippen molar-refractivity contribution in [3.8, 4) is 0 Å². The van der Waals surface area contributed by atoms with Crippen LogP contribution >= 0.6 is 0 Å². The summed E-state index contributed by atoms with van der Waals surface area (Å²) in [5.74, 6) is 0.365. The average molecular weight is 208 g/mol. The maximum Gasteiger partial charge on any atom is 0.305 e. The first-order valence-corrected chi connectivity index (χ1v) is 4.83. The molecule has 0 radical (unpaired) electrons. The smallest absolute Gasteiger partial charge is 0.305 e. The van der Waals surface area contributed by atoms with Gasteiger partial charge in [-0.05, 0) is 31.9 Å². The molecule has 1 saturated carbocycles. The van der Waals surface area contributed by atoms with Gasteiger partial charge in [0.1, 0.15) is 5.76 Å². The van der Waals surface area contributed by atoms with E-state index >= 15 is 0 Å². The van der Waals surface area contributed by atoms with Crippen LogP contribution in [0.1, 0.15) is 29.2 Å². The van der Waals surface area contributed by atoms with Crippen LogP contribution in [0.2, 0.25) is 0 Å². The summed E-state index contributed by atoms with van der Waals surface area (Å²) in [6.45, 7) is 1.75. The summed E-state index contributed by atoms with van der Waals surface area (Å²) >= 11 is 0. The SMILES string of the molecule is Cc1ccc(C(=O)NNC(=O)C2CC2)o1. The van der Waals surface area contributed by atoms with Crippen LogP contribution in [-0.4, -0.2) is 11.8 Å². The van der Waals surface area contributed by atoms with Crippen molar-refractivity contribution < 1.29 is 14.0 Å². The number of rotatable bonds is 2. The van der Waals surface area contributed by atoms with E-state index in [1.165, 1.54) is 0 Å². The topological polar surface area (TPSA) is 71.3 Å². The Kier molecular flexibility index (Phi) is 2.45. The molecule has 0 aliphatic heterocycles. The molecule has 1 aliphatic rings. The Hall–Kier alpha value is -1.78. The molecular formula is C10H12N2O3. The fourth-order valence-electron chi connectivity index (χ4n) is 1.18. The van der Waals surface area contributed by atoms with Crippen LogP contribution in [0.3, 0.4) is 0 Å². The zero-order valence-corrected chi connectivity index (χ0v) is 8.37. The molecule has 0 atom stereocenters. The van der Waals surface area contributed by atoms with E-state index in [0.29, 0.717) is 5.76 Å². The lowest BCUT2D eigenvalue weighted by molar-refractivity contribution is -0.123. The minimum atomic E-state index is -0.433. The van der Waals surface area contributed by atoms with Gasteiger partial charge in [-0.2, -0.15) is 0 Å². The van der Waals surface area contributed by atoms with Crippen LogP contribution in [-0.2, 0) is 4.79 Å². The highest BCUT2D eigenvalue weighted by atomic mass is 16.3. The van der Waals surface area contributed by atoms with Gasteiger partial charge in [-0.3, -0.25) is 20.4 Å². The molecule has 0 unspecified atom stereocenters. The van der Waals surface area contributed by atoms with Gasteiger partial charge in [0.05, 0.1) is 0 Å². The first kappa shape index (κ1) is 9.76. The molecular weight excluding hydrogens is 196 g/mol. The molecule has 0 saturated heterocycles. The van der Waals surface area contributed by atoms with Gasteiger partial charge < -0.3 is 4.42 Å². The molecule has 80 valence electrons.